The number of hydrogen-bond donors (Lipinski definition) is 2. The zero-order chi connectivity index (χ0) is 17.4. The van der Waals surface area contributed by atoms with Crippen LogP contribution >= 0.6 is 0 Å². The van der Waals surface area contributed by atoms with E-state index in [4.69, 9.17) is 0 Å². The minimum atomic E-state index is -0.549. The van der Waals surface area contributed by atoms with Crippen molar-refractivity contribution in [3.63, 3.8) is 0 Å². The molecule has 0 unspecified atom stereocenters. The molecule has 1 aromatic rings. The molecule has 0 heterocycles. The minimum absolute atomic E-state index is 0.382. The molecular formula is C20H30N2O2. The SMILES string of the molecule is CC(C)c1ccc(CNC(=O)C(=O)NCCC2CCCCC2)cc1. The summed E-state index contributed by atoms with van der Waals surface area (Å²) in [4.78, 5) is 23.7. The van der Waals surface area contributed by atoms with Gasteiger partial charge < -0.3 is 10.6 Å². The van der Waals surface area contributed by atoms with Gasteiger partial charge in [-0.25, -0.2) is 0 Å². The summed E-state index contributed by atoms with van der Waals surface area (Å²) in [5, 5.41) is 5.42. The van der Waals surface area contributed by atoms with Gasteiger partial charge in [0.05, 0.1) is 0 Å². The quantitative estimate of drug-likeness (QED) is 0.784. The molecule has 0 radical (unpaired) electrons. The standard InChI is InChI=1S/C20H30N2O2/c1-15(2)18-10-8-17(9-11-18)14-22-20(24)19(23)21-13-12-16-6-4-3-5-7-16/h8-11,15-16H,3-7,12-14H2,1-2H3,(H,21,23)(H,22,24). The lowest BCUT2D eigenvalue weighted by Crippen LogP contribution is -2.40. The highest BCUT2D eigenvalue weighted by Crippen LogP contribution is 2.25. The molecule has 4 heteroatoms. The van der Waals surface area contributed by atoms with Gasteiger partial charge in [-0.3, -0.25) is 9.59 Å². The number of benzene rings is 1. The first-order chi connectivity index (χ1) is 11.6. The number of amides is 2. The number of hydrogen-bond acceptors (Lipinski definition) is 2. The van der Waals surface area contributed by atoms with E-state index in [-0.39, 0.29) is 0 Å². The second kappa shape index (κ2) is 9.45. The Kier molecular flexibility index (Phi) is 7.29. The summed E-state index contributed by atoms with van der Waals surface area (Å²) in [6.07, 6.45) is 7.44. The predicted molar refractivity (Wildman–Crippen MR) is 96.6 cm³/mol. The number of nitrogens with one attached hydrogen (secondary N) is 2. The van der Waals surface area contributed by atoms with Crippen molar-refractivity contribution in [2.75, 3.05) is 6.54 Å². The van der Waals surface area contributed by atoms with Crippen LogP contribution in [0.3, 0.4) is 0 Å². The molecule has 1 saturated carbocycles. The molecule has 0 aliphatic heterocycles. The summed E-state index contributed by atoms with van der Waals surface area (Å²) < 4.78 is 0. The average Bonchev–Trinajstić information content (AvgIpc) is 2.60. The molecule has 0 atom stereocenters. The van der Waals surface area contributed by atoms with Gasteiger partial charge in [-0.15, -0.1) is 0 Å². The summed E-state index contributed by atoms with van der Waals surface area (Å²) in [5.41, 5.74) is 2.27. The summed E-state index contributed by atoms with van der Waals surface area (Å²) in [5.74, 6) is 0.126. The molecular weight excluding hydrogens is 300 g/mol. The summed E-state index contributed by atoms with van der Waals surface area (Å²) in [7, 11) is 0. The van der Waals surface area contributed by atoms with Crippen molar-refractivity contribution in [3.05, 3.63) is 35.4 Å². The van der Waals surface area contributed by atoms with Crippen LogP contribution in [0.25, 0.3) is 0 Å². The van der Waals surface area contributed by atoms with Crippen LogP contribution in [0, 0.1) is 5.92 Å². The molecule has 132 valence electrons. The molecule has 0 aromatic heterocycles. The van der Waals surface area contributed by atoms with Crippen LogP contribution in [0.15, 0.2) is 24.3 Å². The van der Waals surface area contributed by atoms with Gasteiger partial charge in [0.2, 0.25) is 0 Å². The van der Waals surface area contributed by atoms with Gasteiger partial charge in [-0.1, -0.05) is 70.2 Å². The Labute approximate surface area is 145 Å². The Bertz CT molecular complexity index is 531. The lowest BCUT2D eigenvalue weighted by Gasteiger charge is -2.21. The molecule has 1 aromatic carbocycles. The molecule has 1 aliphatic rings. The average molecular weight is 330 g/mol. The fourth-order valence-corrected chi connectivity index (χ4v) is 3.23. The zero-order valence-electron chi connectivity index (χ0n) is 14.9. The summed E-state index contributed by atoms with van der Waals surface area (Å²) >= 11 is 0. The Hall–Kier alpha value is -1.84. The van der Waals surface area contributed by atoms with Crippen molar-refractivity contribution in [3.8, 4) is 0 Å². The second-order valence-corrected chi connectivity index (χ2v) is 7.13. The van der Waals surface area contributed by atoms with Gasteiger partial charge in [0.1, 0.15) is 0 Å². The van der Waals surface area contributed by atoms with E-state index in [1.807, 2.05) is 12.1 Å². The van der Waals surface area contributed by atoms with E-state index < -0.39 is 11.8 Å². The number of carbonyl (C=O) groups excluding carboxylic acids is 2. The zero-order valence-corrected chi connectivity index (χ0v) is 14.9. The topological polar surface area (TPSA) is 58.2 Å². The Morgan fingerprint density at radius 1 is 1.00 bits per heavy atom. The maximum Gasteiger partial charge on any atom is 0.309 e. The molecule has 1 fully saturated rings. The molecule has 0 bridgehead atoms. The van der Waals surface area contributed by atoms with Crippen molar-refractivity contribution in [2.45, 2.75) is 64.8 Å². The normalized spacial score (nSPS) is 15.3. The summed E-state index contributed by atoms with van der Waals surface area (Å²) in [6.45, 7) is 5.27. The highest BCUT2D eigenvalue weighted by atomic mass is 16.2. The first kappa shape index (κ1) is 18.5. The highest BCUT2D eigenvalue weighted by molar-refractivity contribution is 6.35. The first-order valence-electron chi connectivity index (χ1n) is 9.21. The first-order valence-corrected chi connectivity index (χ1v) is 9.21. The summed E-state index contributed by atoms with van der Waals surface area (Å²) in [6, 6.07) is 8.12. The van der Waals surface area contributed by atoms with E-state index in [1.165, 1.54) is 37.7 Å². The van der Waals surface area contributed by atoms with Crippen LogP contribution in [0.5, 0.6) is 0 Å². The van der Waals surface area contributed by atoms with Crippen molar-refractivity contribution in [1.29, 1.82) is 0 Å². The third-order valence-corrected chi connectivity index (χ3v) is 4.87. The van der Waals surface area contributed by atoms with Gasteiger partial charge in [-0.05, 0) is 29.4 Å². The van der Waals surface area contributed by atoms with Gasteiger partial charge in [0, 0.05) is 13.1 Å². The lowest BCUT2D eigenvalue weighted by atomic mass is 9.87. The third kappa shape index (κ3) is 5.99. The van der Waals surface area contributed by atoms with Gasteiger partial charge in [-0.2, -0.15) is 0 Å². The lowest BCUT2D eigenvalue weighted by molar-refractivity contribution is -0.139. The minimum Gasteiger partial charge on any atom is -0.348 e. The van der Waals surface area contributed by atoms with Crippen molar-refractivity contribution < 1.29 is 9.59 Å². The Balaban J connectivity index is 1.66. The smallest absolute Gasteiger partial charge is 0.309 e. The molecule has 4 nitrogen and oxygen atoms in total. The molecule has 1 aliphatic carbocycles. The van der Waals surface area contributed by atoms with E-state index in [2.05, 4.69) is 36.6 Å². The molecule has 2 N–H and O–H groups in total. The van der Waals surface area contributed by atoms with E-state index in [0.29, 0.717) is 24.9 Å². The predicted octanol–water partition coefficient (Wildman–Crippen LogP) is 3.51. The molecule has 0 saturated heterocycles. The largest absolute Gasteiger partial charge is 0.348 e. The van der Waals surface area contributed by atoms with E-state index >= 15 is 0 Å². The molecule has 24 heavy (non-hydrogen) atoms. The van der Waals surface area contributed by atoms with Crippen LogP contribution in [0.2, 0.25) is 0 Å². The van der Waals surface area contributed by atoms with Crippen molar-refractivity contribution in [2.24, 2.45) is 5.92 Å². The second-order valence-electron chi connectivity index (χ2n) is 7.13. The monoisotopic (exact) mass is 330 g/mol. The number of carbonyl (C=O) groups is 2. The Morgan fingerprint density at radius 2 is 1.62 bits per heavy atom. The maximum atomic E-state index is 11.9. The van der Waals surface area contributed by atoms with Crippen LogP contribution in [-0.2, 0) is 16.1 Å². The van der Waals surface area contributed by atoms with E-state index in [9.17, 15) is 9.59 Å². The highest BCUT2D eigenvalue weighted by Gasteiger charge is 2.16. The van der Waals surface area contributed by atoms with Gasteiger partial charge in [0.15, 0.2) is 0 Å². The van der Waals surface area contributed by atoms with Gasteiger partial charge in [0.25, 0.3) is 0 Å². The van der Waals surface area contributed by atoms with Gasteiger partial charge >= 0.3 is 11.8 Å². The fraction of sp³-hybridized carbons (Fsp3) is 0.600. The van der Waals surface area contributed by atoms with Crippen LogP contribution in [-0.4, -0.2) is 18.4 Å². The third-order valence-electron chi connectivity index (χ3n) is 4.87. The molecule has 2 amide bonds. The van der Waals surface area contributed by atoms with Crippen LogP contribution < -0.4 is 10.6 Å². The fourth-order valence-electron chi connectivity index (χ4n) is 3.23. The van der Waals surface area contributed by atoms with E-state index in [1.54, 1.807) is 0 Å². The molecule has 2 rings (SSSR count). The van der Waals surface area contributed by atoms with Crippen molar-refractivity contribution >= 4 is 11.8 Å². The Morgan fingerprint density at radius 3 is 2.25 bits per heavy atom. The maximum absolute atomic E-state index is 11.9. The van der Waals surface area contributed by atoms with E-state index in [0.717, 1.165) is 12.0 Å². The molecule has 0 spiro atoms. The van der Waals surface area contributed by atoms with Crippen LogP contribution in [0.4, 0.5) is 0 Å². The van der Waals surface area contributed by atoms with Crippen molar-refractivity contribution in [1.82, 2.24) is 10.6 Å². The van der Waals surface area contributed by atoms with Crippen LogP contribution in [0.1, 0.15) is 69.4 Å². The number of rotatable bonds is 6.